The molecule has 0 aliphatic carbocycles. The fourth-order valence-corrected chi connectivity index (χ4v) is 1.80. The van der Waals surface area contributed by atoms with E-state index in [2.05, 4.69) is 30.1 Å². The number of ether oxygens (including phenoxy) is 1. The maximum atomic E-state index is 5.82. The van der Waals surface area contributed by atoms with E-state index in [1.807, 2.05) is 12.1 Å². The Morgan fingerprint density at radius 1 is 1.29 bits per heavy atom. The standard InChI is InChI=1S/C13H17N3O/c1-8(2)9-4-5-10(12(6-9)17-3)11-7-15-16-13(11)14/h4-8H,1-3H3,(H3,14,15,16). The summed E-state index contributed by atoms with van der Waals surface area (Å²) in [6.07, 6.45) is 1.71. The van der Waals surface area contributed by atoms with E-state index in [-0.39, 0.29) is 0 Å². The number of nitrogens with one attached hydrogen (secondary N) is 1. The van der Waals surface area contributed by atoms with E-state index in [0.717, 1.165) is 16.9 Å². The Bertz CT molecular complexity index is 517. The molecule has 0 saturated carbocycles. The van der Waals surface area contributed by atoms with Crippen molar-refractivity contribution in [3.63, 3.8) is 0 Å². The van der Waals surface area contributed by atoms with Gasteiger partial charge in [0, 0.05) is 11.1 Å². The van der Waals surface area contributed by atoms with Gasteiger partial charge in [0.1, 0.15) is 11.6 Å². The number of aromatic nitrogens is 2. The molecule has 3 N–H and O–H groups in total. The molecular formula is C13H17N3O. The number of hydrogen-bond donors (Lipinski definition) is 2. The summed E-state index contributed by atoms with van der Waals surface area (Å²) in [7, 11) is 1.67. The van der Waals surface area contributed by atoms with Gasteiger partial charge >= 0.3 is 0 Å². The van der Waals surface area contributed by atoms with Crippen molar-refractivity contribution in [2.45, 2.75) is 19.8 Å². The third-order valence-electron chi connectivity index (χ3n) is 2.85. The van der Waals surface area contributed by atoms with Crippen LogP contribution in [0.5, 0.6) is 5.75 Å². The number of rotatable bonds is 3. The molecule has 0 amide bonds. The molecule has 4 heteroatoms. The molecule has 0 bridgehead atoms. The Labute approximate surface area is 101 Å². The van der Waals surface area contributed by atoms with Crippen LogP contribution in [0, 0.1) is 0 Å². The van der Waals surface area contributed by atoms with Crippen molar-refractivity contribution in [1.82, 2.24) is 10.2 Å². The highest BCUT2D eigenvalue weighted by Gasteiger charge is 2.12. The molecule has 0 unspecified atom stereocenters. The summed E-state index contributed by atoms with van der Waals surface area (Å²) in [4.78, 5) is 0. The largest absolute Gasteiger partial charge is 0.496 e. The minimum Gasteiger partial charge on any atom is -0.496 e. The average molecular weight is 231 g/mol. The Kier molecular flexibility index (Phi) is 3.04. The van der Waals surface area contributed by atoms with Crippen molar-refractivity contribution >= 4 is 5.82 Å². The van der Waals surface area contributed by atoms with E-state index in [0.29, 0.717) is 11.7 Å². The van der Waals surface area contributed by atoms with E-state index < -0.39 is 0 Å². The minimum atomic E-state index is 0.472. The van der Waals surface area contributed by atoms with Crippen LogP contribution < -0.4 is 10.5 Å². The van der Waals surface area contributed by atoms with Gasteiger partial charge in [0.2, 0.25) is 0 Å². The fraction of sp³-hybridized carbons (Fsp3) is 0.308. The first kappa shape index (κ1) is 11.5. The lowest BCUT2D eigenvalue weighted by Crippen LogP contribution is -1.94. The molecule has 90 valence electrons. The molecule has 0 fully saturated rings. The fourth-order valence-electron chi connectivity index (χ4n) is 1.80. The second kappa shape index (κ2) is 4.49. The summed E-state index contributed by atoms with van der Waals surface area (Å²) in [5, 5.41) is 6.65. The number of hydrogen-bond acceptors (Lipinski definition) is 3. The number of nitrogen functional groups attached to an aromatic ring is 1. The lowest BCUT2D eigenvalue weighted by molar-refractivity contribution is 0.415. The molecule has 0 aliphatic rings. The molecule has 0 radical (unpaired) electrons. The molecule has 1 heterocycles. The molecule has 4 nitrogen and oxygen atoms in total. The summed E-state index contributed by atoms with van der Waals surface area (Å²) in [5.74, 6) is 1.85. The Morgan fingerprint density at radius 3 is 2.59 bits per heavy atom. The molecule has 0 spiro atoms. The minimum absolute atomic E-state index is 0.472. The molecule has 0 aliphatic heterocycles. The predicted octanol–water partition coefficient (Wildman–Crippen LogP) is 2.79. The highest BCUT2D eigenvalue weighted by Crippen LogP contribution is 2.34. The van der Waals surface area contributed by atoms with Gasteiger partial charge in [0.15, 0.2) is 0 Å². The van der Waals surface area contributed by atoms with Crippen molar-refractivity contribution in [3.8, 4) is 16.9 Å². The SMILES string of the molecule is COc1cc(C(C)C)ccc1-c1cn[nH]c1N. The van der Waals surface area contributed by atoms with Crippen LogP contribution in [0.4, 0.5) is 5.82 Å². The normalized spacial score (nSPS) is 10.8. The summed E-state index contributed by atoms with van der Waals surface area (Å²) in [6, 6.07) is 6.16. The third kappa shape index (κ3) is 2.11. The van der Waals surface area contributed by atoms with Crippen molar-refractivity contribution < 1.29 is 4.74 Å². The number of methoxy groups -OCH3 is 1. The van der Waals surface area contributed by atoms with Gasteiger partial charge in [-0.2, -0.15) is 5.10 Å². The van der Waals surface area contributed by atoms with Crippen molar-refractivity contribution in [2.75, 3.05) is 12.8 Å². The van der Waals surface area contributed by atoms with Crippen LogP contribution in [0.2, 0.25) is 0 Å². The summed E-state index contributed by atoms with van der Waals surface area (Å²) in [5.41, 5.74) is 8.90. The molecule has 0 saturated heterocycles. The van der Waals surface area contributed by atoms with Crippen LogP contribution in [0.3, 0.4) is 0 Å². The third-order valence-corrected chi connectivity index (χ3v) is 2.85. The summed E-state index contributed by atoms with van der Waals surface area (Å²) in [6.45, 7) is 4.31. The van der Waals surface area contributed by atoms with E-state index in [9.17, 15) is 0 Å². The number of benzene rings is 1. The van der Waals surface area contributed by atoms with Gasteiger partial charge in [-0.25, -0.2) is 0 Å². The second-order valence-electron chi connectivity index (χ2n) is 4.31. The zero-order valence-corrected chi connectivity index (χ0v) is 10.3. The Balaban J connectivity index is 2.52. The molecule has 0 atom stereocenters. The van der Waals surface area contributed by atoms with E-state index in [1.165, 1.54) is 5.56 Å². The zero-order chi connectivity index (χ0) is 12.4. The van der Waals surface area contributed by atoms with E-state index in [1.54, 1.807) is 13.3 Å². The zero-order valence-electron chi connectivity index (χ0n) is 10.3. The topological polar surface area (TPSA) is 63.9 Å². The number of H-pyrrole nitrogens is 1. The van der Waals surface area contributed by atoms with Crippen LogP contribution >= 0.6 is 0 Å². The predicted molar refractivity (Wildman–Crippen MR) is 69.1 cm³/mol. The van der Waals surface area contributed by atoms with Crippen molar-refractivity contribution in [2.24, 2.45) is 0 Å². The maximum absolute atomic E-state index is 5.82. The van der Waals surface area contributed by atoms with Crippen LogP contribution in [0.25, 0.3) is 11.1 Å². The molecule has 2 aromatic rings. The van der Waals surface area contributed by atoms with Gasteiger partial charge in [0.05, 0.1) is 13.3 Å². The monoisotopic (exact) mass is 231 g/mol. The molecule has 1 aromatic carbocycles. The number of aromatic amines is 1. The van der Waals surface area contributed by atoms with Gasteiger partial charge < -0.3 is 10.5 Å². The first-order valence-corrected chi connectivity index (χ1v) is 5.60. The Hall–Kier alpha value is -1.97. The van der Waals surface area contributed by atoms with E-state index >= 15 is 0 Å². The molecule has 2 rings (SSSR count). The first-order valence-electron chi connectivity index (χ1n) is 5.60. The highest BCUT2D eigenvalue weighted by atomic mass is 16.5. The Morgan fingerprint density at radius 2 is 2.06 bits per heavy atom. The van der Waals surface area contributed by atoms with Gasteiger partial charge in [-0.1, -0.05) is 26.0 Å². The quantitative estimate of drug-likeness (QED) is 0.853. The lowest BCUT2D eigenvalue weighted by Gasteiger charge is -2.12. The van der Waals surface area contributed by atoms with Crippen molar-refractivity contribution in [3.05, 3.63) is 30.0 Å². The summed E-state index contributed by atoms with van der Waals surface area (Å²) < 4.78 is 5.42. The van der Waals surface area contributed by atoms with E-state index in [4.69, 9.17) is 10.5 Å². The first-order chi connectivity index (χ1) is 8.13. The molecule has 1 aromatic heterocycles. The van der Waals surface area contributed by atoms with Crippen LogP contribution in [-0.2, 0) is 0 Å². The van der Waals surface area contributed by atoms with Gasteiger partial charge in [-0.3, -0.25) is 5.10 Å². The number of nitrogens with zero attached hydrogens (tertiary/aromatic N) is 1. The van der Waals surface area contributed by atoms with Crippen molar-refractivity contribution in [1.29, 1.82) is 0 Å². The van der Waals surface area contributed by atoms with Crippen LogP contribution in [-0.4, -0.2) is 17.3 Å². The van der Waals surface area contributed by atoms with Gasteiger partial charge in [-0.15, -0.1) is 0 Å². The second-order valence-corrected chi connectivity index (χ2v) is 4.31. The number of nitrogens with two attached hydrogens (primary N) is 1. The lowest BCUT2D eigenvalue weighted by atomic mass is 9.98. The smallest absolute Gasteiger partial charge is 0.127 e. The van der Waals surface area contributed by atoms with Gasteiger partial charge in [0.25, 0.3) is 0 Å². The molecular weight excluding hydrogens is 214 g/mol. The maximum Gasteiger partial charge on any atom is 0.127 e. The highest BCUT2D eigenvalue weighted by molar-refractivity contribution is 5.78. The average Bonchev–Trinajstić information content (AvgIpc) is 2.74. The molecule has 17 heavy (non-hydrogen) atoms. The summed E-state index contributed by atoms with van der Waals surface area (Å²) >= 11 is 0. The van der Waals surface area contributed by atoms with Crippen LogP contribution in [0.15, 0.2) is 24.4 Å². The number of anilines is 1. The van der Waals surface area contributed by atoms with Crippen LogP contribution in [0.1, 0.15) is 25.3 Å². The van der Waals surface area contributed by atoms with Gasteiger partial charge in [-0.05, 0) is 17.5 Å².